The predicted molar refractivity (Wildman–Crippen MR) is 112 cm³/mol. The monoisotopic (exact) mass is 480 g/mol. The molecule has 3 rings (SSSR count). The Labute approximate surface area is 174 Å². The molecule has 1 amide bonds. The van der Waals surface area contributed by atoms with Crippen LogP contribution >= 0.6 is 15.9 Å². The van der Waals surface area contributed by atoms with Gasteiger partial charge in [0.1, 0.15) is 11.4 Å². The Kier molecular flexibility index (Phi) is 5.71. The fourth-order valence-electron chi connectivity index (χ4n) is 2.86. The second-order valence-corrected chi connectivity index (χ2v) is 9.49. The summed E-state index contributed by atoms with van der Waals surface area (Å²) in [5.74, 6) is -1.75. The Bertz CT molecular complexity index is 1340. The number of rotatable bonds is 5. The van der Waals surface area contributed by atoms with Crippen molar-refractivity contribution in [2.75, 3.05) is 11.1 Å². The quantitative estimate of drug-likeness (QED) is 0.580. The second kappa shape index (κ2) is 7.91. The van der Waals surface area contributed by atoms with E-state index in [-0.39, 0.29) is 22.5 Å². The van der Waals surface area contributed by atoms with Crippen LogP contribution in [-0.4, -0.2) is 34.2 Å². The Hall–Kier alpha value is -2.79. The third-order valence-corrected chi connectivity index (χ3v) is 6.17. The molecule has 0 fully saturated rings. The maximum Gasteiger partial charge on any atom is 0.332 e. The lowest BCUT2D eigenvalue weighted by atomic mass is 10.2. The highest BCUT2D eigenvalue weighted by molar-refractivity contribution is 9.10. The Balaban J connectivity index is 1.81. The molecule has 0 bridgehead atoms. The van der Waals surface area contributed by atoms with Crippen molar-refractivity contribution >= 4 is 48.4 Å². The zero-order chi connectivity index (χ0) is 21.3. The standard InChI is InChI=1S/C18H17BrN4O5S/c1-22-16-14(17(25)23(2)18(22)26)7-13(8-20-16)21-15(24)10-29(27,28)9-11-4-3-5-12(19)6-11/h3-8H,9-10H2,1-2H3,(H,21,24). The summed E-state index contributed by atoms with van der Waals surface area (Å²) >= 11 is 3.28. The number of amides is 1. The van der Waals surface area contributed by atoms with E-state index in [0.717, 1.165) is 9.04 Å². The molecular weight excluding hydrogens is 464 g/mol. The lowest BCUT2D eigenvalue weighted by molar-refractivity contribution is -0.113. The van der Waals surface area contributed by atoms with Crippen LogP contribution in [-0.2, 0) is 34.5 Å². The average Bonchev–Trinajstić information content (AvgIpc) is 2.63. The van der Waals surface area contributed by atoms with Crippen molar-refractivity contribution in [3.05, 3.63) is 67.4 Å². The van der Waals surface area contributed by atoms with Gasteiger partial charge in [-0.15, -0.1) is 0 Å². The van der Waals surface area contributed by atoms with Crippen molar-refractivity contribution in [3.8, 4) is 0 Å². The van der Waals surface area contributed by atoms with E-state index in [9.17, 15) is 22.8 Å². The van der Waals surface area contributed by atoms with Crippen molar-refractivity contribution in [2.24, 2.45) is 14.1 Å². The minimum Gasteiger partial charge on any atom is -0.324 e. The van der Waals surface area contributed by atoms with E-state index in [1.165, 1.54) is 30.9 Å². The SMILES string of the molecule is Cn1c(=O)c2cc(NC(=O)CS(=O)(=O)Cc3cccc(Br)c3)cnc2n(C)c1=O. The summed E-state index contributed by atoms with van der Waals surface area (Å²) in [6.07, 6.45) is 1.26. The maximum atomic E-state index is 12.3. The van der Waals surface area contributed by atoms with E-state index < -0.39 is 32.7 Å². The van der Waals surface area contributed by atoms with Crippen molar-refractivity contribution in [1.82, 2.24) is 14.1 Å². The van der Waals surface area contributed by atoms with Gasteiger partial charge in [-0.1, -0.05) is 28.1 Å². The van der Waals surface area contributed by atoms with E-state index in [0.29, 0.717) is 5.56 Å². The summed E-state index contributed by atoms with van der Waals surface area (Å²) in [6.45, 7) is 0. The van der Waals surface area contributed by atoms with E-state index >= 15 is 0 Å². The first-order valence-corrected chi connectivity index (χ1v) is 11.0. The number of carbonyl (C=O) groups excluding carboxylic acids is 1. The molecule has 0 aliphatic rings. The third kappa shape index (κ3) is 4.62. The maximum absolute atomic E-state index is 12.3. The molecule has 0 atom stereocenters. The van der Waals surface area contributed by atoms with Crippen LogP contribution in [0.4, 0.5) is 5.69 Å². The van der Waals surface area contributed by atoms with Crippen LogP contribution in [0.5, 0.6) is 0 Å². The molecule has 11 heteroatoms. The number of pyridine rings is 1. The topological polar surface area (TPSA) is 120 Å². The zero-order valence-corrected chi connectivity index (χ0v) is 17.9. The van der Waals surface area contributed by atoms with Crippen LogP contribution < -0.4 is 16.6 Å². The highest BCUT2D eigenvalue weighted by Crippen LogP contribution is 2.15. The first kappa shape index (κ1) is 20.9. The van der Waals surface area contributed by atoms with Crippen LogP contribution in [0.15, 0.2) is 50.6 Å². The van der Waals surface area contributed by atoms with E-state index in [1.54, 1.807) is 24.3 Å². The molecule has 0 radical (unpaired) electrons. The molecule has 0 spiro atoms. The number of anilines is 1. The number of aryl methyl sites for hydroxylation is 1. The summed E-state index contributed by atoms with van der Waals surface area (Å²) in [6, 6.07) is 8.18. The highest BCUT2D eigenvalue weighted by Gasteiger charge is 2.18. The van der Waals surface area contributed by atoms with E-state index in [2.05, 4.69) is 26.2 Å². The predicted octanol–water partition coefficient (Wildman–Crippen LogP) is 0.948. The van der Waals surface area contributed by atoms with Gasteiger partial charge in [-0.2, -0.15) is 0 Å². The zero-order valence-electron chi connectivity index (χ0n) is 15.5. The van der Waals surface area contributed by atoms with Gasteiger partial charge in [-0.05, 0) is 23.8 Å². The molecule has 3 aromatic rings. The van der Waals surface area contributed by atoms with Crippen molar-refractivity contribution in [2.45, 2.75) is 5.75 Å². The van der Waals surface area contributed by atoms with Gasteiger partial charge >= 0.3 is 5.69 Å². The first-order chi connectivity index (χ1) is 13.6. The summed E-state index contributed by atoms with van der Waals surface area (Å²) in [4.78, 5) is 40.5. The number of halogens is 1. The van der Waals surface area contributed by atoms with Crippen LogP contribution in [0.2, 0.25) is 0 Å². The summed E-state index contributed by atoms with van der Waals surface area (Å²) < 4.78 is 27.5. The van der Waals surface area contributed by atoms with Crippen molar-refractivity contribution in [1.29, 1.82) is 0 Å². The van der Waals surface area contributed by atoms with Gasteiger partial charge in [0.25, 0.3) is 5.56 Å². The molecule has 2 aromatic heterocycles. The van der Waals surface area contributed by atoms with Gasteiger partial charge < -0.3 is 5.32 Å². The number of carbonyl (C=O) groups is 1. The van der Waals surface area contributed by atoms with Crippen LogP contribution in [0.3, 0.4) is 0 Å². The summed E-state index contributed by atoms with van der Waals surface area (Å²) in [5.41, 5.74) is -0.197. The molecule has 152 valence electrons. The molecule has 29 heavy (non-hydrogen) atoms. The molecule has 1 aromatic carbocycles. The molecule has 0 aliphatic heterocycles. The molecule has 9 nitrogen and oxygen atoms in total. The Morgan fingerprint density at radius 3 is 2.59 bits per heavy atom. The van der Waals surface area contributed by atoms with Crippen molar-refractivity contribution in [3.63, 3.8) is 0 Å². The number of nitrogens with one attached hydrogen (secondary N) is 1. The summed E-state index contributed by atoms with van der Waals surface area (Å²) in [7, 11) is -0.892. The highest BCUT2D eigenvalue weighted by atomic mass is 79.9. The molecule has 0 saturated heterocycles. The Morgan fingerprint density at radius 1 is 1.17 bits per heavy atom. The summed E-state index contributed by atoms with van der Waals surface area (Å²) in [5, 5.41) is 2.57. The molecule has 0 saturated carbocycles. The molecule has 2 heterocycles. The fraction of sp³-hybridized carbons (Fsp3) is 0.222. The smallest absolute Gasteiger partial charge is 0.324 e. The average molecular weight is 481 g/mol. The lowest BCUT2D eigenvalue weighted by Crippen LogP contribution is -2.37. The normalized spacial score (nSPS) is 11.6. The van der Waals surface area contributed by atoms with E-state index in [1.807, 2.05) is 0 Å². The van der Waals surface area contributed by atoms with Crippen LogP contribution in [0.1, 0.15) is 5.56 Å². The minimum absolute atomic E-state index is 0.129. The number of fused-ring (bicyclic) bond motifs is 1. The van der Waals surface area contributed by atoms with Crippen molar-refractivity contribution < 1.29 is 13.2 Å². The molecule has 0 unspecified atom stereocenters. The molecule has 0 aliphatic carbocycles. The van der Waals surface area contributed by atoms with Crippen LogP contribution in [0.25, 0.3) is 11.0 Å². The van der Waals surface area contributed by atoms with Gasteiger partial charge in [-0.3, -0.25) is 18.7 Å². The number of hydrogen-bond acceptors (Lipinski definition) is 6. The van der Waals surface area contributed by atoms with Gasteiger partial charge in [0, 0.05) is 18.6 Å². The van der Waals surface area contributed by atoms with Gasteiger partial charge in [0.2, 0.25) is 5.91 Å². The number of hydrogen-bond donors (Lipinski definition) is 1. The van der Waals surface area contributed by atoms with Crippen LogP contribution in [0, 0.1) is 0 Å². The number of benzene rings is 1. The van der Waals surface area contributed by atoms with E-state index in [4.69, 9.17) is 0 Å². The minimum atomic E-state index is -3.71. The first-order valence-electron chi connectivity index (χ1n) is 8.38. The number of sulfone groups is 1. The molecule has 1 N–H and O–H groups in total. The largest absolute Gasteiger partial charge is 0.332 e. The van der Waals surface area contributed by atoms with Gasteiger partial charge in [-0.25, -0.2) is 18.2 Å². The van der Waals surface area contributed by atoms with Gasteiger partial charge in [0.15, 0.2) is 9.84 Å². The van der Waals surface area contributed by atoms with Gasteiger partial charge in [0.05, 0.1) is 23.0 Å². The lowest BCUT2D eigenvalue weighted by Gasteiger charge is -2.09. The fourth-order valence-corrected chi connectivity index (χ4v) is 4.57. The Morgan fingerprint density at radius 2 is 1.90 bits per heavy atom. The third-order valence-electron chi connectivity index (χ3n) is 4.20. The number of aromatic nitrogens is 3. The molecular formula is C18H17BrN4O5S. The number of nitrogens with zero attached hydrogens (tertiary/aromatic N) is 3. The second-order valence-electron chi connectivity index (χ2n) is 6.51.